The molecule has 7 heteroatoms. The Labute approximate surface area is 124 Å². The topological polar surface area (TPSA) is 104 Å². The van der Waals surface area contributed by atoms with E-state index in [9.17, 15) is 9.59 Å². The molecule has 0 aliphatic carbocycles. The van der Waals surface area contributed by atoms with Crippen molar-refractivity contribution < 1.29 is 9.59 Å². The van der Waals surface area contributed by atoms with Gasteiger partial charge in [0.25, 0.3) is 5.91 Å². The lowest BCUT2D eigenvalue weighted by Crippen LogP contribution is -2.49. The standard InChI is InChI=1S/C14H23N5O2/c1-8(2)12-11(15)13(18-17-12)14(21)19-6-4-5-10(7-19)16-9(3)20/h8,10H,4-7,15H2,1-3H3,(H,16,20)(H,17,18). The summed E-state index contributed by atoms with van der Waals surface area (Å²) in [5.41, 5.74) is 7.51. The number of piperidine rings is 1. The van der Waals surface area contributed by atoms with E-state index >= 15 is 0 Å². The molecular weight excluding hydrogens is 270 g/mol. The Hall–Kier alpha value is -2.05. The molecule has 7 nitrogen and oxygen atoms in total. The number of carbonyl (C=O) groups is 2. The molecule has 1 atom stereocenters. The summed E-state index contributed by atoms with van der Waals surface area (Å²) in [6.07, 6.45) is 1.74. The largest absolute Gasteiger partial charge is 0.395 e. The molecule has 1 fully saturated rings. The van der Waals surface area contributed by atoms with Crippen LogP contribution >= 0.6 is 0 Å². The van der Waals surface area contributed by atoms with Gasteiger partial charge in [-0.2, -0.15) is 5.10 Å². The van der Waals surface area contributed by atoms with Gasteiger partial charge in [0.1, 0.15) is 0 Å². The quantitative estimate of drug-likeness (QED) is 0.768. The average molecular weight is 293 g/mol. The molecular formula is C14H23N5O2. The van der Waals surface area contributed by atoms with E-state index in [1.165, 1.54) is 6.92 Å². The van der Waals surface area contributed by atoms with E-state index in [-0.39, 0.29) is 29.5 Å². The molecule has 116 valence electrons. The molecule has 2 heterocycles. The van der Waals surface area contributed by atoms with Gasteiger partial charge in [0, 0.05) is 26.1 Å². The number of aromatic amines is 1. The van der Waals surface area contributed by atoms with E-state index in [1.807, 2.05) is 13.8 Å². The molecule has 2 amide bonds. The van der Waals surface area contributed by atoms with Crippen LogP contribution in [0.3, 0.4) is 0 Å². The number of nitrogen functional groups attached to an aromatic ring is 1. The first-order chi connectivity index (χ1) is 9.90. The Balaban J connectivity index is 2.10. The average Bonchev–Trinajstić information content (AvgIpc) is 2.79. The number of likely N-dealkylation sites (tertiary alicyclic amines) is 1. The normalized spacial score (nSPS) is 18.9. The predicted octanol–water partition coefficient (Wildman–Crippen LogP) is 0.856. The highest BCUT2D eigenvalue weighted by molar-refractivity contribution is 5.97. The summed E-state index contributed by atoms with van der Waals surface area (Å²) in [7, 11) is 0. The number of amides is 2. The van der Waals surface area contributed by atoms with E-state index in [4.69, 9.17) is 5.73 Å². The number of nitrogens with zero attached hydrogens (tertiary/aromatic N) is 2. The summed E-state index contributed by atoms with van der Waals surface area (Å²) in [5, 5.41) is 9.78. The summed E-state index contributed by atoms with van der Waals surface area (Å²) in [5.74, 6) is -0.0612. The third-order valence-electron chi connectivity index (χ3n) is 3.73. The fraction of sp³-hybridized carbons (Fsp3) is 0.643. The highest BCUT2D eigenvalue weighted by atomic mass is 16.2. The minimum Gasteiger partial charge on any atom is -0.395 e. The van der Waals surface area contributed by atoms with Crippen molar-refractivity contribution in [1.82, 2.24) is 20.4 Å². The Morgan fingerprint density at radius 1 is 1.48 bits per heavy atom. The SMILES string of the molecule is CC(=O)NC1CCCN(C(=O)c2n[nH]c(C(C)C)c2N)C1. The Bertz CT molecular complexity index is 537. The molecule has 1 aliphatic rings. The van der Waals surface area contributed by atoms with Gasteiger partial charge in [0.2, 0.25) is 5.91 Å². The van der Waals surface area contributed by atoms with Gasteiger partial charge in [0.05, 0.1) is 11.4 Å². The molecule has 1 saturated heterocycles. The zero-order chi connectivity index (χ0) is 15.6. The monoisotopic (exact) mass is 293 g/mol. The zero-order valence-corrected chi connectivity index (χ0v) is 12.8. The summed E-state index contributed by atoms with van der Waals surface area (Å²) in [6.45, 7) is 6.64. The fourth-order valence-electron chi connectivity index (χ4n) is 2.68. The van der Waals surface area contributed by atoms with Crippen LogP contribution in [0.4, 0.5) is 5.69 Å². The second-order valence-electron chi connectivity index (χ2n) is 5.85. The van der Waals surface area contributed by atoms with Crippen molar-refractivity contribution >= 4 is 17.5 Å². The molecule has 2 rings (SSSR count). The molecule has 1 aromatic rings. The Morgan fingerprint density at radius 2 is 2.19 bits per heavy atom. The third-order valence-corrected chi connectivity index (χ3v) is 3.73. The highest BCUT2D eigenvalue weighted by Crippen LogP contribution is 2.24. The number of hydrogen-bond donors (Lipinski definition) is 3. The van der Waals surface area contributed by atoms with E-state index in [0.717, 1.165) is 18.5 Å². The van der Waals surface area contributed by atoms with E-state index in [2.05, 4.69) is 15.5 Å². The Morgan fingerprint density at radius 3 is 2.76 bits per heavy atom. The maximum atomic E-state index is 12.5. The molecule has 0 aromatic carbocycles. The number of carbonyl (C=O) groups excluding carboxylic acids is 2. The first-order valence-electron chi connectivity index (χ1n) is 7.30. The molecule has 0 spiro atoms. The molecule has 0 radical (unpaired) electrons. The van der Waals surface area contributed by atoms with Crippen LogP contribution in [0, 0.1) is 0 Å². The van der Waals surface area contributed by atoms with Crippen molar-refractivity contribution in [2.24, 2.45) is 0 Å². The van der Waals surface area contributed by atoms with E-state index in [1.54, 1.807) is 4.90 Å². The number of nitrogens with two attached hydrogens (primary N) is 1. The first kappa shape index (κ1) is 15.3. The second-order valence-corrected chi connectivity index (χ2v) is 5.85. The van der Waals surface area contributed by atoms with E-state index in [0.29, 0.717) is 18.8 Å². The lowest BCUT2D eigenvalue weighted by molar-refractivity contribution is -0.120. The number of H-pyrrole nitrogens is 1. The van der Waals surface area contributed by atoms with Gasteiger partial charge in [-0.05, 0) is 18.8 Å². The van der Waals surface area contributed by atoms with Gasteiger partial charge >= 0.3 is 0 Å². The molecule has 4 N–H and O–H groups in total. The van der Waals surface area contributed by atoms with Gasteiger partial charge in [-0.15, -0.1) is 0 Å². The van der Waals surface area contributed by atoms with Gasteiger partial charge in [-0.3, -0.25) is 14.7 Å². The molecule has 0 saturated carbocycles. The van der Waals surface area contributed by atoms with Crippen LogP contribution in [0.15, 0.2) is 0 Å². The maximum absolute atomic E-state index is 12.5. The molecule has 1 aromatic heterocycles. The Kier molecular flexibility index (Phi) is 4.50. The van der Waals surface area contributed by atoms with Gasteiger partial charge in [-0.1, -0.05) is 13.8 Å². The number of hydrogen-bond acceptors (Lipinski definition) is 4. The van der Waals surface area contributed by atoms with Crippen LogP contribution in [-0.4, -0.2) is 46.0 Å². The minimum absolute atomic E-state index is 0.00457. The molecule has 1 unspecified atom stereocenters. The van der Waals surface area contributed by atoms with Gasteiger partial charge in [0.15, 0.2) is 5.69 Å². The number of rotatable bonds is 3. The summed E-state index contributed by atoms with van der Waals surface area (Å²) in [6, 6.07) is 0.00457. The van der Waals surface area contributed by atoms with Crippen LogP contribution in [0.25, 0.3) is 0 Å². The van der Waals surface area contributed by atoms with Crippen molar-refractivity contribution in [3.8, 4) is 0 Å². The molecule has 0 bridgehead atoms. The van der Waals surface area contributed by atoms with Gasteiger partial charge < -0.3 is 16.0 Å². The van der Waals surface area contributed by atoms with Crippen LogP contribution in [0.2, 0.25) is 0 Å². The minimum atomic E-state index is -0.175. The van der Waals surface area contributed by atoms with Crippen LogP contribution < -0.4 is 11.1 Å². The van der Waals surface area contributed by atoms with Gasteiger partial charge in [-0.25, -0.2) is 0 Å². The lowest BCUT2D eigenvalue weighted by Gasteiger charge is -2.32. The first-order valence-corrected chi connectivity index (χ1v) is 7.30. The zero-order valence-electron chi connectivity index (χ0n) is 12.8. The number of aromatic nitrogens is 2. The highest BCUT2D eigenvalue weighted by Gasteiger charge is 2.28. The maximum Gasteiger partial charge on any atom is 0.276 e. The number of anilines is 1. The van der Waals surface area contributed by atoms with E-state index < -0.39 is 0 Å². The van der Waals surface area contributed by atoms with Crippen LogP contribution in [0.5, 0.6) is 0 Å². The molecule has 21 heavy (non-hydrogen) atoms. The summed E-state index contributed by atoms with van der Waals surface area (Å²) >= 11 is 0. The third kappa shape index (κ3) is 3.34. The van der Waals surface area contributed by atoms with Crippen molar-refractivity contribution in [3.05, 3.63) is 11.4 Å². The predicted molar refractivity (Wildman–Crippen MR) is 79.8 cm³/mol. The van der Waals surface area contributed by atoms with Crippen molar-refractivity contribution in [2.45, 2.75) is 45.6 Å². The summed E-state index contributed by atoms with van der Waals surface area (Å²) in [4.78, 5) is 25.4. The summed E-state index contributed by atoms with van der Waals surface area (Å²) < 4.78 is 0. The second kappa shape index (κ2) is 6.15. The number of nitrogens with one attached hydrogen (secondary N) is 2. The van der Waals surface area contributed by atoms with Crippen LogP contribution in [-0.2, 0) is 4.79 Å². The lowest BCUT2D eigenvalue weighted by atomic mass is 10.0. The molecule has 1 aliphatic heterocycles. The van der Waals surface area contributed by atoms with Crippen LogP contribution in [0.1, 0.15) is 55.7 Å². The fourth-order valence-corrected chi connectivity index (χ4v) is 2.68. The van der Waals surface area contributed by atoms with Crippen molar-refractivity contribution in [3.63, 3.8) is 0 Å². The smallest absolute Gasteiger partial charge is 0.276 e. The van der Waals surface area contributed by atoms with Crippen molar-refractivity contribution in [1.29, 1.82) is 0 Å². The van der Waals surface area contributed by atoms with Crippen molar-refractivity contribution in [2.75, 3.05) is 18.8 Å².